The van der Waals surface area contributed by atoms with Gasteiger partial charge in [-0.1, -0.05) is 13.8 Å². The van der Waals surface area contributed by atoms with Crippen LogP contribution in [0.2, 0.25) is 0 Å². The lowest BCUT2D eigenvalue weighted by Gasteiger charge is -2.10. The Kier molecular flexibility index (Phi) is 2.62. The number of rotatable bonds is 4. The van der Waals surface area contributed by atoms with Gasteiger partial charge in [-0.3, -0.25) is 4.79 Å². The number of ether oxygens (including phenoxy) is 1. The summed E-state index contributed by atoms with van der Waals surface area (Å²) in [6, 6.07) is -0.317. The molecule has 1 fully saturated rings. The SMILES string of the molecule is CC(C)CC(N)C(=O)C1CO1. The number of epoxide rings is 1. The van der Waals surface area contributed by atoms with E-state index in [-0.39, 0.29) is 17.9 Å². The second kappa shape index (κ2) is 3.32. The van der Waals surface area contributed by atoms with Crippen LogP contribution in [-0.2, 0) is 9.53 Å². The molecule has 0 spiro atoms. The van der Waals surface area contributed by atoms with Crippen molar-refractivity contribution in [1.82, 2.24) is 0 Å². The first-order valence-corrected chi connectivity index (χ1v) is 4.02. The Labute approximate surface area is 66.9 Å². The molecule has 2 N–H and O–H groups in total. The van der Waals surface area contributed by atoms with Crippen LogP contribution in [0.3, 0.4) is 0 Å². The fourth-order valence-corrected chi connectivity index (χ4v) is 1.08. The van der Waals surface area contributed by atoms with E-state index in [9.17, 15) is 4.79 Å². The average Bonchev–Trinajstić information content (AvgIpc) is 2.65. The number of carbonyl (C=O) groups is 1. The molecule has 0 aromatic rings. The van der Waals surface area contributed by atoms with Crippen molar-refractivity contribution in [3.05, 3.63) is 0 Å². The zero-order chi connectivity index (χ0) is 8.43. The Bertz CT molecular complexity index is 152. The van der Waals surface area contributed by atoms with Crippen molar-refractivity contribution in [2.75, 3.05) is 6.61 Å². The Morgan fingerprint density at radius 2 is 2.27 bits per heavy atom. The molecule has 1 aliphatic rings. The minimum absolute atomic E-state index is 0.0682. The van der Waals surface area contributed by atoms with E-state index in [4.69, 9.17) is 10.5 Å². The van der Waals surface area contributed by atoms with Crippen LogP contribution in [0.4, 0.5) is 0 Å². The van der Waals surface area contributed by atoms with Crippen molar-refractivity contribution in [2.45, 2.75) is 32.4 Å². The third-order valence-corrected chi connectivity index (χ3v) is 1.74. The molecule has 3 nitrogen and oxygen atoms in total. The van der Waals surface area contributed by atoms with E-state index in [1.165, 1.54) is 0 Å². The second-order valence-corrected chi connectivity index (χ2v) is 3.46. The highest BCUT2D eigenvalue weighted by atomic mass is 16.6. The highest BCUT2D eigenvalue weighted by Gasteiger charge is 2.34. The first kappa shape index (κ1) is 8.68. The molecule has 1 saturated heterocycles. The van der Waals surface area contributed by atoms with E-state index in [2.05, 4.69) is 13.8 Å². The van der Waals surface area contributed by atoms with Gasteiger partial charge < -0.3 is 10.5 Å². The van der Waals surface area contributed by atoms with Gasteiger partial charge in [-0.05, 0) is 12.3 Å². The van der Waals surface area contributed by atoms with Gasteiger partial charge in [0, 0.05) is 0 Å². The molecule has 1 aliphatic heterocycles. The summed E-state index contributed by atoms with van der Waals surface area (Å²) in [7, 11) is 0. The van der Waals surface area contributed by atoms with Crippen LogP contribution in [0, 0.1) is 5.92 Å². The summed E-state index contributed by atoms with van der Waals surface area (Å²) in [5, 5.41) is 0. The molecule has 0 saturated carbocycles. The van der Waals surface area contributed by atoms with Crippen LogP contribution in [0.5, 0.6) is 0 Å². The maximum absolute atomic E-state index is 11.2. The number of ketones is 1. The molecule has 0 aromatic heterocycles. The van der Waals surface area contributed by atoms with Crippen molar-refractivity contribution in [3.8, 4) is 0 Å². The first-order valence-electron chi connectivity index (χ1n) is 4.02. The third-order valence-electron chi connectivity index (χ3n) is 1.74. The van der Waals surface area contributed by atoms with Crippen molar-refractivity contribution >= 4 is 5.78 Å². The zero-order valence-electron chi connectivity index (χ0n) is 7.04. The monoisotopic (exact) mass is 157 g/mol. The summed E-state index contributed by atoms with van der Waals surface area (Å²) in [6.45, 7) is 4.69. The first-order chi connectivity index (χ1) is 5.11. The minimum atomic E-state index is -0.317. The van der Waals surface area contributed by atoms with Crippen LogP contribution in [-0.4, -0.2) is 24.5 Å². The Hall–Kier alpha value is -0.410. The van der Waals surface area contributed by atoms with Gasteiger partial charge >= 0.3 is 0 Å². The quantitative estimate of drug-likeness (QED) is 0.598. The number of hydrogen-bond acceptors (Lipinski definition) is 3. The molecule has 11 heavy (non-hydrogen) atoms. The lowest BCUT2D eigenvalue weighted by atomic mass is 10.00. The third kappa shape index (κ3) is 2.60. The molecule has 0 aromatic carbocycles. The fourth-order valence-electron chi connectivity index (χ4n) is 1.08. The summed E-state index contributed by atoms with van der Waals surface area (Å²) in [4.78, 5) is 11.2. The smallest absolute Gasteiger partial charge is 0.180 e. The molecule has 0 aliphatic carbocycles. The molecule has 0 amide bonds. The van der Waals surface area contributed by atoms with Crippen molar-refractivity contribution < 1.29 is 9.53 Å². The molecule has 2 unspecified atom stereocenters. The second-order valence-electron chi connectivity index (χ2n) is 3.46. The summed E-state index contributed by atoms with van der Waals surface area (Å²) >= 11 is 0. The molecule has 0 bridgehead atoms. The number of carbonyl (C=O) groups excluding carboxylic acids is 1. The van der Waals surface area contributed by atoms with Gasteiger partial charge in [0.2, 0.25) is 0 Å². The van der Waals surface area contributed by atoms with E-state index >= 15 is 0 Å². The van der Waals surface area contributed by atoms with E-state index in [0.717, 1.165) is 6.42 Å². The van der Waals surface area contributed by atoms with Crippen molar-refractivity contribution in [1.29, 1.82) is 0 Å². The van der Waals surface area contributed by atoms with Crippen LogP contribution < -0.4 is 5.73 Å². The normalized spacial score (nSPS) is 25.3. The summed E-state index contributed by atoms with van der Waals surface area (Å²) < 4.78 is 4.84. The highest BCUT2D eigenvalue weighted by molar-refractivity contribution is 5.89. The van der Waals surface area contributed by atoms with Crippen LogP contribution >= 0.6 is 0 Å². The van der Waals surface area contributed by atoms with Gasteiger partial charge in [0.05, 0.1) is 12.6 Å². The van der Waals surface area contributed by atoms with E-state index in [0.29, 0.717) is 12.5 Å². The van der Waals surface area contributed by atoms with E-state index in [1.807, 2.05) is 0 Å². The molecule has 1 heterocycles. The Balaban J connectivity index is 2.27. The van der Waals surface area contributed by atoms with Gasteiger partial charge in [-0.25, -0.2) is 0 Å². The van der Waals surface area contributed by atoms with E-state index < -0.39 is 0 Å². The molecule has 1 rings (SSSR count). The predicted octanol–water partition coefficient (Wildman–Crippen LogP) is 0.328. The number of nitrogens with two attached hydrogens (primary N) is 1. The van der Waals surface area contributed by atoms with Gasteiger partial charge in [0.15, 0.2) is 5.78 Å². The van der Waals surface area contributed by atoms with Gasteiger partial charge in [-0.15, -0.1) is 0 Å². The van der Waals surface area contributed by atoms with Gasteiger partial charge in [-0.2, -0.15) is 0 Å². The molecule has 2 atom stereocenters. The molecular weight excluding hydrogens is 142 g/mol. The fraction of sp³-hybridized carbons (Fsp3) is 0.875. The topological polar surface area (TPSA) is 55.6 Å². The van der Waals surface area contributed by atoms with Crippen LogP contribution in [0.25, 0.3) is 0 Å². The van der Waals surface area contributed by atoms with Crippen molar-refractivity contribution in [2.24, 2.45) is 11.7 Å². The van der Waals surface area contributed by atoms with Crippen molar-refractivity contribution in [3.63, 3.8) is 0 Å². The van der Waals surface area contributed by atoms with Crippen LogP contribution in [0.1, 0.15) is 20.3 Å². The van der Waals surface area contributed by atoms with Gasteiger partial charge in [0.25, 0.3) is 0 Å². The predicted molar refractivity (Wildman–Crippen MR) is 42.2 cm³/mol. The number of hydrogen-bond donors (Lipinski definition) is 1. The zero-order valence-corrected chi connectivity index (χ0v) is 7.04. The largest absolute Gasteiger partial charge is 0.365 e. The highest BCUT2D eigenvalue weighted by Crippen LogP contribution is 2.14. The van der Waals surface area contributed by atoms with E-state index in [1.54, 1.807) is 0 Å². The number of Topliss-reactive ketones (excluding diaryl/α,β-unsaturated/α-hetero) is 1. The molecule has 64 valence electrons. The lowest BCUT2D eigenvalue weighted by Crippen LogP contribution is -2.35. The standard InChI is InChI=1S/C8H15NO2/c1-5(2)3-6(9)8(10)7-4-11-7/h5-7H,3-4,9H2,1-2H3. The summed E-state index contributed by atoms with van der Waals surface area (Å²) in [5.74, 6) is 0.548. The Morgan fingerprint density at radius 1 is 1.73 bits per heavy atom. The van der Waals surface area contributed by atoms with Crippen LogP contribution in [0.15, 0.2) is 0 Å². The van der Waals surface area contributed by atoms with Gasteiger partial charge in [0.1, 0.15) is 6.10 Å². The lowest BCUT2D eigenvalue weighted by molar-refractivity contribution is -0.121. The minimum Gasteiger partial charge on any atom is -0.365 e. The Morgan fingerprint density at radius 3 is 2.64 bits per heavy atom. The molecule has 0 radical (unpaired) electrons. The average molecular weight is 157 g/mol. The summed E-state index contributed by atoms with van der Waals surface area (Å²) in [5.41, 5.74) is 5.63. The summed E-state index contributed by atoms with van der Waals surface area (Å²) in [6.07, 6.45) is 0.586. The molecular formula is C8H15NO2. The molecule has 3 heteroatoms. The maximum atomic E-state index is 11.2. The maximum Gasteiger partial charge on any atom is 0.180 e.